The summed E-state index contributed by atoms with van der Waals surface area (Å²) in [6.07, 6.45) is 1.55. The van der Waals surface area contributed by atoms with Crippen LogP contribution in [0.1, 0.15) is 0 Å². The second kappa shape index (κ2) is 5.15. The number of anilines is 1. The van der Waals surface area contributed by atoms with E-state index >= 15 is 0 Å². The molecular formula is C13H8ClFN4S. The summed E-state index contributed by atoms with van der Waals surface area (Å²) >= 11 is 7.14. The van der Waals surface area contributed by atoms with Crippen molar-refractivity contribution in [1.29, 1.82) is 0 Å². The highest BCUT2D eigenvalue weighted by atomic mass is 35.5. The summed E-state index contributed by atoms with van der Waals surface area (Å²) in [6, 6.07) is 6.52. The van der Waals surface area contributed by atoms with E-state index in [0.29, 0.717) is 17.0 Å². The molecular weight excluding hydrogens is 299 g/mol. The molecule has 1 aromatic carbocycles. The Labute approximate surface area is 123 Å². The van der Waals surface area contributed by atoms with Crippen LogP contribution in [0.5, 0.6) is 0 Å². The molecule has 2 aromatic heterocycles. The summed E-state index contributed by atoms with van der Waals surface area (Å²) in [7, 11) is 0. The summed E-state index contributed by atoms with van der Waals surface area (Å²) in [5, 5.41) is 0.134. The lowest BCUT2D eigenvalue weighted by atomic mass is 10.1. The van der Waals surface area contributed by atoms with E-state index in [0.717, 1.165) is 4.88 Å². The zero-order valence-corrected chi connectivity index (χ0v) is 11.6. The SMILES string of the molecule is Nc1cccc(-c2ncsc2-c2ccnc(Cl)n2)c1F. The number of hydrogen-bond acceptors (Lipinski definition) is 5. The molecule has 0 unspecified atom stereocenters. The third-order valence-electron chi connectivity index (χ3n) is 2.71. The van der Waals surface area contributed by atoms with Gasteiger partial charge in [-0.3, -0.25) is 0 Å². The Balaban J connectivity index is 2.18. The predicted molar refractivity (Wildman–Crippen MR) is 78.0 cm³/mol. The molecule has 0 amide bonds. The number of hydrogen-bond donors (Lipinski definition) is 1. The van der Waals surface area contributed by atoms with Gasteiger partial charge in [0, 0.05) is 11.8 Å². The van der Waals surface area contributed by atoms with Crippen molar-refractivity contribution in [3.63, 3.8) is 0 Å². The van der Waals surface area contributed by atoms with Crippen LogP contribution in [-0.4, -0.2) is 15.0 Å². The molecule has 2 heterocycles. The molecule has 20 heavy (non-hydrogen) atoms. The van der Waals surface area contributed by atoms with Gasteiger partial charge < -0.3 is 5.73 Å². The normalized spacial score (nSPS) is 10.7. The average molecular weight is 307 g/mol. The molecule has 0 saturated carbocycles. The minimum atomic E-state index is -0.486. The highest BCUT2D eigenvalue weighted by Crippen LogP contribution is 2.36. The maximum Gasteiger partial charge on any atom is 0.222 e. The minimum absolute atomic E-state index is 0.0853. The van der Waals surface area contributed by atoms with Gasteiger partial charge in [0.2, 0.25) is 5.28 Å². The van der Waals surface area contributed by atoms with E-state index in [1.165, 1.54) is 17.4 Å². The van der Waals surface area contributed by atoms with Gasteiger partial charge in [0.25, 0.3) is 0 Å². The van der Waals surface area contributed by atoms with Crippen LogP contribution < -0.4 is 5.73 Å². The number of nitrogens with two attached hydrogens (primary N) is 1. The zero-order valence-electron chi connectivity index (χ0n) is 10.0. The van der Waals surface area contributed by atoms with Gasteiger partial charge in [0.05, 0.1) is 27.5 Å². The average Bonchev–Trinajstić information content (AvgIpc) is 2.91. The lowest BCUT2D eigenvalue weighted by Gasteiger charge is -2.05. The number of nitrogen functional groups attached to an aromatic ring is 1. The Bertz CT molecular complexity index is 775. The number of aromatic nitrogens is 3. The molecule has 0 atom stereocenters. The predicted octanol–water partition coefficient (Wildman–Crippen LogP) is 3.64. The van der Waals surface area contributed by atoms with Crippen molar-refractivity contribution in [3.05, 3.63) is 47.1 Å². The fourth-order valence-electron chi connectivity index (χ4n) is 1.81. The summed E-state index contributed by atoms with van der Waals surface area (Å²) < 4.78 is 14.1. The Morgan fingerprint density at radius 1 is 1.20 bits per heavy atom. The van der Waals surface area contributed by atoms with Crippen molar-refractivity contribution in [1.82, 2.24) is 15.0 Å². The first-order chi connectivity index (χ1) is 9.66. The topological polar surface area (TPSA) is 64.7 Å². The van der Waals surface area contributed by atoms with Gasteiger partial charge in [0.15, 0.2) is 5.82 Å². The summed E-state index contributed by atoms with van der Waals surface area (Å²) in [4.78, 5) is 12.9. The molecule has 100 valence electrons. The Morgan fingerprint density at radius 2 is 2.05 bits per heavy atom. The lowest BCUT2D eigenvalue weighted by Crippen LogP contribution is -1.94. The van der Waals surface area contributed by atoms with Gasteiger partial charge in [-0.25, -0.2) is 19.3 Å². The van der Waals surface area contributed by atoms with Crippen molar-refractivity contribution < 1.29 is 4.39 Å². The molecule has 4 nitrogen and oxygen atoms in total. The standard InChI is InChI=1S/C13H8ClFN4S/c14-13-17-5-4-9(19-13)12-11(18-6-20-12)7-2-1-3-8(16)10(7)15/h1-6H,16H2. The van der Waals surface area contributed by atoms with E-state index in [1.807, 2.05) is 0 Å². The molecule has 7 heteroatoms. The maximum absolute atomic E-state index is 14.1. The number of benzene rings is 1. The summed E-state index contributed by atoms with van der Waals surface area (Å²) in [5.41, 5.74) is 8.75. The van der Waals surface area contributed by atoms with Crippen molar-refractivity contribution in [2.45, 2.75) is 0 Å². The molecule has 0 aliphatic rings. The zero-order chi connectivity index (χ0) is 14.1. The molecule has 0 radical (unpaired) electrons. The minimum Gasteiger partial charge on any atom is -0.396 e. The molecule has 0 spiro atoms. The quantitative estimate of drug-likeness (QED) is 0.580. The van der Waals surface area contributed by atoms with Crippen LogP contribution in [0.25, 0.3) is 21.8 Å². The number of halogens is 2. The van der Waals surface area contributed by atoms with Crippen LogP contribution in [0.4, 0.5) is 10.1 Å². The molecule has 3 rings (SSSR count). The maximum atomic E-state index is 14.1. The molecule has 0 aliphatic carbocycles. The van der Waals surface area contributed by atoms with Gasteiger partial charge in [-0.05, 0) is 29.8 Å². The van der Waals surface area contributed by atoms with E-state index in [4.69, 9.17) is 17.3 Å². The Morgan fingerprint density at radius 3 is 2.85 bits per heavy atom. The molecule has 0 aliphatic heterocycles. The van der Waals surface area contributed by atoms with E-state index in [2.05, 4.69) is 15.0 Å². The monoisotopic (exact) mass is 306 g/mol. The first kappa shape index (κ1) is 13.0. The van der Waals surface area contributed by atoms with Crippen molar-refractivity contribution >= 4 is 28.6 Å². The van der Waals surface area contributed by atoms with E-state index in [-0.39, 0.29) is 11.0 Å². The smallest absolute Gasteiger partial charge is 0.222 e. The molecule has 2 N–H and O–H groups in total. The van der Waals surface area contributed by atoms with Gasteiger partial charge in [0.1, 0.15) is 0 Å². The second-order valence-corrected chi connectivity index (χ2v) is 5.14. The van der Waals surface area contributed by atoms with Crippen molar-refractivity contribution in [2.75, 3.05) is 5.73 Å². The van der Waals surface area contributed by atoms with Gasteiger partial charge >= 0.3 is 0 Å². The second-order valence-electron chi connectivity index (χ2n) is 3.95. The highest BCUT2D eigenvalue weighted by Gasteiger charge is 2.17. The Hall–Kier alpha value is -2.05. The van der Waals surface area contributed by atoms with Crippen LogP contribution in [0.3, 0.4) is 0 Å². The third kappa shape index (κ3) is 2.23. The van der Waals surface area contributed by atoms with Crippen LogP contribution in [0, 0.1) is 5.82 Å². The largest absolute Gasteiger partial charge is 0.396 e. The lowest BCUT2D eigenvalue weighted by molar-refractivity contribution is 0.635. The first-order valence-corrected chi connectivity index (χ1v) is 6.89. The van der Waals surface area contributed by atoms with E-state index < -0.39 is 5.82 Å². The van der Waals surface area contributed by atoms with E-state index in [9.17, 15) is 4.39 Å². The van der Waals surface area contributed by atoms with Crippen molar-refractivity contribution in [2.24, 2.45) is 0 Å². The fourth-order valence-corrected chi connectivity index (χ4v) is 2.73. The number of rotatable bonds is 2. The van der Waals surface area contributed by atoms with Crippen LogP contribution >= 0.6 is 22.9 Å². The van der Waals surface area contributed by atoms with Gasteiger partial charge in [-0.2, -0.15) is 0 Å². The third-order valence-corrected chi connectivity index (χ3v) is 3.74. The molecule has 3 aromatic rings. The Kier molecular flexibility index (Phi) is 3.33. The van der Waals surface area contributed by atoms with E-state index in [1.54, 1.807) is 29.9 Å². The van der Waals surface area contributed by atoms with Gasteiger partial charge in [-0.1, -0.05) is 6.07 Å². The molecule has 0 bridgehead atoms. The fraction of sp³-hybridized carbons (Fsp3) is 0. The van der Waals surface area contributed by atoms with Crippen LogP contribution in [0.15, 0.2) is 36.0 Å². The van der Waals surface area contributed by atoms with Crippen LogP contribution in [-0.2, 0) is 0 Å². The molecule has 0 fully saturated rings. The summed E-state index contributed by atoms with van der Waals surface area (Å²) in [5.74, 6) is -0.486. The highest BCUT2D eigenvalue weighted by molar-refractivity contribution is 7.13. The molecule has 0 saturated heterocycles. The number of thiazole rings is 1. The number of nitrogens with zero attached hydrogens (tertiary/aromatic N) is 3. The summed E-state index contributed by atoms with van der Waals surface area (Å²) in [6.45, 7) is 0. The van der Waals surface area contributed by atoms with Crippen molar-refractivity contribution in [3.8, 4) is 21.8 Å². The first-order valence-electron chi connectivity index (χ1n) is 5.63. The van der Waals surface area contributed by atoms with Crippen LogP contribution in [0.2, 0.25) is 5.28 Å². The van der Waals surface area contributed by atoms with Gasteiger partial charge in [-0.15, -0.1) is 11.3 Å².